The number of aliphatic carboxylic acids is 3. The molecule has 1 unspecified atom stereocenters. The summed E-state index contributed by atoms with van der Waals surface area (Å²) >= 11 is 0. The van der Waals surface area contributed by atoms with Gasteiger partial charge in [-0.15, -0.1) is 0 Å². The first kappa shape index (κ1) is 48.1. The number of nitrogens with one attached hydrogen (secondary N) is 1. The largest absolute Gasteiger partial charge is 0.489 e. The van der Waals surface area contributed by atoms with E-state index in [4.69, 9.17) is 4.74 Å². The Bertz CT molecular complexity index is 2230. The number of fused-ring (bicyclic) bond motifs is 1. The number of benzene rings is 2. The van der Waals surface area contributed by atoms with E-state index in [0.29, 0.717) is 68.8 Å². The number of amides is 3. The number of carboxylic acid groups (broad SMARTS) is 3. The van der Waals surface area contributed by atoms with E-state index in [9.17, 15) is 58.1 Å². The van der Waals surface area contributed by atoms with E-state index in [1.165, 1.54) is 12.3 Å². The number of halogens is 2. The lowest BCUT2D eigenvalue weighted by molar-refractivity contribution is -0.141. The molecule has 4 heterocycles. The minimum Gasteiger partial charge on any atom is -0.489 e. The Morgan fingerprint density at radius 3 is 1.86 bits per heavy atom. The number of hydrogen-bond acceptors (Lipinski definition) is 13. The molecular formula is C44H53F2N9O10. The van der Waals surface area contributed by atoms with Gasteiger partial charge >= 0.3 is 17.9 Å². The standard InChI is InChI=1S/C44H53F2N9O10/c45-44(46)21-32(22-47)55(29-44)38(56)23-49-43(64)35-9-10-48-37-8-5-31(20-36(35)37)30-3-6-33(7-4-30)65-34-2-1-11-54(24-34)39(57)25-50-12-14-51(26-40(58)59)16-18-53(28-42(62)63)19-17-52(15-13-50)27-41(60)61/h3-10,20,32,34H,1-2,11-19,21,23-29H2,(H,49,64)(H,58,59)(H,60,61)(H,62,63)/t32-,34?/m0/s1. The van der Waals surface area contributed by atoms with Gasteiger partial charge in [0.2, 0.25) is 11.8 Å². The maximum absolute atomic E-state index is 13.9. The number of alkyl halides is 2. The smallest absolute Gasteiger partial charge is 0.317 e. The van der Waals surface area contributed by atoms with E-state index in [1.54, 1.807) is 37.8 Å². The molecule has 0 spiro atoms. The molecule has 2 aromatic carbocycles. The van der Waals surface area contributed by atoms with Crippen LogP contribution >= 0.6 is 0 Å². The zero-order chi connectivity index (χ0) is 46.7. The van der Waals surface area contributed by atoms with Crippen molar-refractivity contribution in [3.05, 3.63) is 60.3 Å². The minimum atomic E-state index is -3.18. The van der Waals surface area contributed by atoms with E-state index in [2.05, 4.69) is 10.3 Å². The summed E-state index contributed by atoms with van der Waals surface area (Å²) in [6.45, 7) is 1.01. The lowest BCUT2D eigenvalue weighted by Gasteiger charge is -2.36. The van der Waals surface area contributed by atoms with Gasteiger partial charge < -0.3 is 35.2 Å². The van der Waals surface area contributed by atoms with Crippen LogP contribution in [0.15, 0.2) is 54.7 Å². The predicted octanol–water partition coefficient (Wildman–Crippen LogP) is 1.24. The molecule has 65 heavy (non-hydrogen) atoms. The normalized spacial score (nSPS) is 20.6. The van der Waals surface area contributed by atoms with Gasteiger partial charge in [-0.05, 0) is 54.3 Å². The molecule has 2 atom stereocenters. The van der Waals surface area contributed by atoms with Crippen LogP contribution in [-0.4, -0.2) is 208 Å². The van der Waals surface area contributed by atoms with Gasteiger partial charge in [0.05, 0.1) is 63.0 Å². The van der Waals surface area contributed by atoms with Crippen LogP contribution in [-0.2, 0) is 24.0 Å². The number of carboxylic acids is 3. The van der Waals surface area contributed by atoms with Crippen LogP contribution in [0.25, 0.3) is 22.0 Å². The summed E-state index contributed by atoms with van der Waals surface area (Å²) in [6, 6.07) is 14.7. The van der Waals surface area contributed by atoms with Gasteiger partial charge in [-0.25, -0.2) is 8.78 Å². The molecule has 19 nitrogen and oxygen atoms in total. The summed E-state index contributed by atoms with van der Waals surface area (Å²) in [4.78, 5) is 88.5. The number of aromatic nitrogens is 1. The summed E-state index contributed by atoms with van der Waals surface area (Å²) in [7, 11) is 0. The van der Waals surface area contributed by atoms with Crippen LogP contribution in [0.5, 0.6) is 5.75 Å². The Morgan fingerprint density at radius 1 is 0.754 bits per heavy atom. The number of nitriles is 1. The van der Waals surface area contributed by atoms with Crippen LogP contribution < -0.4 is 10.1 Å². The number of hydrogen-bond donors (Lipinski definition) is 4. The molecule has 4 N–H and O–H groups in total. The monoisotopic (exact) mass is 905 g/mol. The van der Waals surface area contributed by atoms with E-state index < -0.39 is 61.2 Å². The topological polar surface area (TPSA) is 240 Å². The molecule has 3 saturated heterocycles. The van der Waals surface area contributed by atoms with E-state index in [0.717, 1.165) is 16.0 Å². The fourth-order valence-corrected chi connectivity index (χ4v) is 8.33. The van der Waals surface area contributed by atoms with Gasteiger partial charge in [-0.2, -0.15) is 5.26 Å². The molecule has 0 radical (unpaired) electrons. The lowest BCUT2D eigenvalue weighted by Crippen LogP contribution is -2.51. The Balaban J connectivity index is 1.06. The Kier molecular flexibility index (Phi) is 16.3. The zero-order valence-corrected chi connectivity index (χ0v) is 35.8. The highest BCUT2D eigenvalue weighted by atomic mass is 19.3. The molecule has 3 fully saturated rings. The molecule has 6 rings (SSSR count). The highest BCUT2D eigenvalue weighted by Crippen LogP contribution is 2.32. The van der Waals surface area contributed by atoms with Crippen molar-refractivity contribution in [1.29, 1.82) is 5.26 Å². The van der Waals surface area contributed by atoms with Gasteiger partial charge in [0.25, 0.3) is 11.8 Å². The van der Waals surface area contributed by atoms with E-state index >= 15 is 0 Å². The van der Waals surface area contributed by atoms with Crippen LogP contribution in [0.1, 0.15) is 29.6 Å². The first-order valence-corrected chi connectivity index (χ1v) is 21.4. The van der Waals surface area contributed by atoms with Crippen LogP contribution in [0.3, 0.4) is 0 Å². The van der Waals surface area contributed by atoms with Gasteiger partial charge in [-0.3, -0.25) is 53.4 Å². The maximum atomic E-state index is 13.9. The van der Waals surface area contributed by atoms with Crippen molar-refractivity contribution in [1.82, 2.24) is 39.7 Å². The third-order valence-electron chi connectivity index (χ3n) is 11.7. The summed E-state index contributed by atoms with van der Waals surface area (Å²) < 4.78 is 34.1. The summed E-state index contributed by atoms with van der Waals surface area (Å²) in [5.41, 5.74) is 2.29. The van der Waals surface area contributed by atoms with Crippen molar-refractivity contribution in [3.63, 3.8) is 0 Å². The SMILES string of the molecule is N#C[C@@H]1CC(F)(F)CN1C(=O)CNC(=O)c1ccnc2ccc(-c3ccc(OC4CCCN(C(=O)CN5CCN(CC(=O)O)CCN(CC(=O)O)CCN(CC(=O)O)CC5)C4)cc3)cc12. The number of carbonyl (C=O) groups is 6. The third-order valence-corrected chi connectivity index (χ3v) is 11.7. The maximum Gasteiger partial charge on any atom is 0.317 e. The Hall–Kier alpha value is -6.34. The molecule has 21 heteroatoms. The molecule has 0 aliphatic carbocycles. The second kappa shape index (κ2) is 22.0. The molecular weight excluding hydrogens is 853 g/mol. The van der Waals surface area contributed by atoms with Crippen molar-refractivity contribution < 1.29 is 57.6 Å². The van der Waals surface area contributed by atoms with Gasteiger partial charge in [-0.1, -0.05) is 18.2 Å². The van der Waals surface area contributed by atoms with E-state index in [1.807, 2.05) is 35.2 Å². The number of carbonyl (C=O) groups excluding carboxylic acids is 3. The van der Waals surface area contributed by atoms with Crippen molar-refractivity contribution in [2.24, 2.45) is 0 Å². The molecule has 0 saturated carbocycles. The second-order valence-electron chi connectivity index (χ2n) is 16.5. The second-order valence-corrected chi connectivity index (χ2v) is 16.5. The highest BCUT2D eigenvalue weighted by Gasteiger charge is 2.47. The van der Waals surface area contributed by atoms with Crippen molar-refractivity contribution >= 4 is 46.5 Å². The van der Waals surface area contributed by atoms with Gasteiger partial charge in [0.15, 0.2) is 0 Å². The molecule has 3 aliphatic heterocycles. The average Bonchev–Trinajstić information content (AvgIpc) is 3.60. The van der Waals surface area contributed by atoms with Crippen molar-refractivity contribution in [2.75, 3.05) is 105 Å². The molecule has 348 valence electrons. The van der Waals surface area contributed by atoms with E-state index in [-0.39, 0.29) is 69.9 Å². The molecule has 3 aromatic rings. The number of ether oxygens (including phenoxy) is 1. The molecule has 1 aromatic heterocycles. The predicted molar refractivity (Wildman–Crippen MR) is 229 cm³/mol. The number of pyridine rings is 1. The summed E-state index contributed by atoms with van der Waals surface area (Å²) in [6.07, 6.45) is 1.80. The van der Waals surface area contributed by atoms with Gasteiger partial charge in [0.1, 0.15) is 17.9 Å². The zero-order valence-electron chi connectivity index (χ0n) is 35.8. The first-order chi connectivity index (χ1) is 31.0. The number of nitrogens with zero attached hydrogens (tertiary/aromatic N) is 8. The fourth-order valence-electron chi connectivity index (χ4n) is 8.33. The van der Waals surface area contributed by atoms with Crippen molar-refractivity contribution in [3.8, 4) is 22.9 Å². The summed E-state index contributed by atoms with van der Waals surface area (Å²) in [5.74, 6) is -7.23. The third kappa shape index (κ3) is 13.8. The lowest BCUT2D eigenvalue weighted by atomic mass is 10.0. The van der Waals surface area contributed by atoms with Gasteiger partial charge in [0, 0.05) is 76.9 Å². The molecule has 0 bridgehead atoms. The Labute approximate surface area is 373 Å². The van der Waals surface area contributed by atoms with Crippen molar-refractivity contribution in [2.45, 2.75) is 37.3 Å². The summed E-state index contributed by atoms with van der Waals surface area (Å²) in [5, 5.41) is 40.8. The number of piperidine rings is 1. The average molecular weight is 906 g/mol. The Morgan fingerprint density at radius 2 is 1.31 bits per heavy atom. The van der Waals surface area contributed by atoms with Crippen LogP contribution in [0, 0.1) is 11.3 Å². The molecule has 3 aliphatic rings. The number of rotatable bonds is 14. The molecule has 3 amide bonds. The van der Waals surface area contributed by atoms with Crippen LogP contribution in [0.4, 0.5) is 8.78 Å². The number of likely N-dealkylation sites (tertiary alicyclic amines) is 2. The minimum absolute atomic E-state index is 0.0278. The van der Waals surface area contributed by atoms with Crippen LogP contribution in [0.2, 0.25) is 0 Å². The fraction of sp³-hybridized carbons (Fsp3) is 0.500. The first-order valence-electron chi connectivity index (χ1n) is 21.4. The highest BCUT2D eigenvalue weighted by molar-refractivity contribution is 6.07. The quantitative estimate of drug-likeness (QED) is 0.178.